The van der Waals surface area contributed by atoms with E-state index < -0.39 is 0 Å². The van der Waals surface area contributed by atoms with E-state index in [9.17, 15) is 0 Å². The lowest BCUT2D eigenvalue weighted by atomic mass is 9.86. The van der Waals surface area contributed by atoms with Gasteiger partial charge in [0.25, 0.3) is 0 Å². The summed E-state index contributed by atoms with van der Waals surface area (Å²) in [6.07, 6.45) is 1.85. The molecule has 17 heavy (non-hydrogen) atoms. The Morgan fingerprint density at radius 3 is 2.47 bits per heavy atom. The van der Waals surface area contributed by atoms with Crippen LogP contribution in [-0.4, -0.2) is 57.8 Å². The summed E-state index contributed by atoms with van der Waals surface area (Å²) in [4.78, 5) is 3.76. The van der Waals surface area contributed by atoms with Crippen molar-refractivity contribution in [1.29, 1.82) is 0 Å². The number of aromatic nitrogens is 4. The van der Waals surface area contributed by atoms with Gasteiger partial charge in [0.05, 0.1) is 7.05 Å². The smallest absolute Gasteiger partial charge is 0.176 e. The summed E-state index contributed by atoms with van der Waals surface area (Å²) in [5.41, 5.74) is 0.0773. The van der Waals surface area contributed by atoms with E-state index >= 15 is 0 Å². The van der Waals surface area contributed by atoms with Crippen molar-refractivity contribution >= 4 is 0 Å². The molecule has 0 aliphatic heterocycles. The lowest BCUT2D eigenvalue weighted by Gasteiger charge is -2.42. The maximum Gasteiger partial charge on any atom is 0.176 e. The zero-order valence-corrected chi connectivity index (χ0v) is 11.7. The van der Waals surface area contributed by atoms with E-state index in [2.05, 4.69) is 53.6 Å². The van der Waals surface area contributed by atoms with Crippen LogP contribution in [0.2, 0.25) is 0 Å². The molecular formula is C11H24N6. The van der Waals surface area contributed by atoms with Gasteiger partial charge in [0.1, 0.15) is 0 Å². The fourth-order valence-corrected chi connectivity index (χ4v) is 2.09. The first-order valence-electron chi connectivity index (χ1n) is 6.01. The molecule has 0 aromatic carbocycles. The summed E-state index contributed by atoms with van der Waals surface area (Å²) in [6.45, 7) is 4.46. The zero-order chi connectivity index (χ0) is 13.1. The molecule has 0 saturated carbocycles. The first-order chi connectivity index (χ1) is 7.93. The number of nitrogens with zero attached hydrogens (tertiary/aromatic N) is 5. The number of likely N-dealkylation sites (N-methyl/N-ethyl adjacent to an activating group) is 2. The third-order valence-corrected chi connectivity index (χ3v) is 3.77. The van der Waals surface area contributed by atoms with Crippen LogP contribution < -0.4 is 5.32 Å². The number of nitrogens with one attached hydrogen (secondary N) is 1. The molecule has 0 fully saturated rings. The highest BCUT2D eigenvalue weighted by molar-refractivity contribution is 4.98. The Balaban J connectivity index is 2.83. The molecule has 2 atom stereocenters. The van der Waals surface area contributed by atoms with Crippen LogP contribution in [0.4, 0.5) is 0 Å². The van der Waals surface area contributed by atoms with Crippen LogP contribution in [0.5, 0.6) is 0 Å². The molecule has 1 aromatic rings. The van der Waals surface area contributed by atoms with E-state index in [0.29, 0.717) is 6.04 Å². The molecule has 1 rings (SSSR count). The maximum absolute atomic E-state index is 4.24. The van der Waals surface area contributed by atoms with Gasteiger partial charge in [0, 0.05) is 18.0 Å². The van der Waals surface area contributed by atoms with Crippen molar-refractivity contribution in [3.8, 4) is 0 Å². The van der Waals surface area contributed by atoms with Crippen molar-refractivity contribution < 1.29 is 0 Å². The lowest BCUT2D eigenvalue weighted by Crippen LogP contribution is -2.57. The number of hydrogen-bond acceptors (Lipinski definition) is 5. The summed E-state index contributed by atoms with van der Waals surface area (Å²) in [5, 5.41) is 15.5. The SMILES string of the molecule is CCC(C)(C(Cc1nnn(C)n1)NC)N(C)C. The van der Waals surface area contributed by atoms with Gasteiger partial charge in [-0.05, 0) is 39.7 Å². The summed E-state index contributed by atoms with van der Waals surface area (Å²) < 4.78 is 0. The van der Waals surface area contributed by atoms with Crippen molar-refractivity contribution in [3.63, 3.8) is 0 Å². The van der Waals surface area contributed by atoms with Crippen LogP contribution in [0.1, 0.15) is 26.1 Å². The molecule has 1 N–H and O–H groups in total. The van der Waals surface area contributed by atoms with E-state index in [4.69, 9.17) is 0 Å². The van der Waals surface area contributed by atoms with E-state index in [-0.39, 0.29) is 5.54 Å². The summed E-state index contributed by atoms with van der Waals surface area (Å²) >= 11 is 0. The molecule has 0 radical (unpaired) electrons. The zero-order valence-electron chi connectivity index (χ0n) is 11.7. The van der Waals surface area contributed by atoms with Gasteiger partial charge >= 0.3 is 0 Å². The quantitative estimate of drug-likeness (QED) is 0.762. The maximum atomic E-state index is 4.24. The minimum absolute atomic E-state index is 0.0773. The van der Waals surface area contributed by atoms with Gasteiger partial charge in [-0.25, -0.2) is 0 Å². The van der Waals surface area contributed by atoms with Crippen LogP contribution in [0, 0.1) is 0 Å². The van der Waals surface area contributed by atoms with Crippen LogP contribution in [0.15, 0.2) is 0 Å². The molecule has 2 unspecified atom stereocenters. The molecule has 1 aromatic heterocycles. The minimum atomic E-state index is 0.0773. The molecule has 6 heteroatoms. The van der Waals surface area contributed by atoms with Crippen molar-refractivity contribution in [1.82, 2.24) is 30.4 Å². The Bertz CT molecular complexity index is 347. The van der Waals surface area contributed by atoms with Crippen LogP contribution in [-0.2, 0) is 13.5 Å². The highest BCUT2D eigenvalue weighted by Gasteiger charge is 2.34. The second-order valence-corrected chi connectivity index (χ2v) is 4.85. The van der Waals surface area contributed by atoms with Gasteiger partial charge in [0.2, 0.25) is 0 Å². The second kappa shape index (κ2) is 5.55. The molecule has 0 bridgehead atoms. The Kier molecular flexibility index (Phi) is 4.59. The van der Waals surface area contributed by atoms with Gasteiger partial charge in [-0.15, -0.1) is 10.2 Å². The number of rotatable bonds is 6. The second-order valence-electron chi connectivity index (χ2n) is 4.85. The van der Waals surface area contributed by atoms with Crippen LogP contribution in [0.25, 0.3) is 0 Å². The number of aryl methyl sites for hydroxylation is 1. The fraction of sp³-hybridized carbons (Fsp3) is 0.909. The van der Waals surface area contributed by atoms with Crippen molar-refractivity contribution in [2.75, 3.05) is 21.1 Å². The normalized spacial score (nSPS) is 17.1. The standard InChI is InChI=1S/C11H24N6/c1-7-11(2,16(4)5)9(12-3)8-10-13-15-17(6)14-10/h9,12H,7-8H2,1-6H3. The average molecular weight is 240 g/mol. The molecule has 0 amide bonds. The van der Waals surface area contributed by atoms with Gasteiger partial charge in [-0.2, -0.15) is 4.80 Å². The van der Waals surface area contributed by atoms with Crippen LogP contribution in [0.3, 0.4) is 0 Å². The Labute approximate surface area is 103 Å². The molecule has 6 nitrogen and oxygen atoms in total. The van der Waals surface area contributed by atoms with Crippen molar-refractivity contribution in [2.24, 2.45) is 7.05 Å². The lowest BCUT2D eigenvalue weighted by molar-refractivity contribution is 0.115. The van der Waals surface area contributed by atoms with E-state index in [1.807, 2.05) is 7.05 Å². The Morgan fingerprint density at radius 1 is 1.47 bits per heavy atom. The molecule has 98 valence electrons. The summed E-state index contributed by atoms with van der Waals surface area (Å²) in [5.74, 6) is 0.786. The molecule has 0 aliphatic carbocycles. The molecule has 0 spiro atoms. The number of hydrogen-bond donors (Lipinski definition) is 1. The Morgan fingerprint density at radius 2 is 2.12 bits per heavy atom. The highest BCUT2D eigenvalue weighted by Crippen LogP contribution is 2.22. The van der Waals surface area contributed by atoms with Gasteiger partial charge in [-0.3, -0.25) is 0 Å². The summed E-state index contributed by atoms with van der Waals surface area (Å²) in [7, 11) is 7.99. The van der Waals surface area contributed by atoms with Crippen molar-refractivity contribution in [3.05, 3.63) is 5.82 Å². The molecular weight excluding hydrogens is 216 g/mol. The predicted molar refractivity (Wildman–Crippen MR) is 67.7 cm³/mol. The monoisotopic (exact) mass is 240 g/mol. The minimum Gasteiger partial charge on any atom is -0.315 e. The average Bonchev–Trinajstić information content (AvgIpc) is 2.70. The third-order valence-electron chi connectivity index (χ3n) is 3.77. The van der Waals surface area contributed by atoms with E-state index in [1.54, 1.807) is 7.05 Å². The first kappa shape index (κ1) is 14.1. The van der Waals surface area contributed by atoms with Crippen LogP contribution >= 0.6 is 0 Å². The van der Waals surface area contributed by atoms with Gasteiger partial charge < -0.3 is 10.2 Å². The third kappa shape index (κ3) is 3.01. The Hall–Kier alpha value is -1.01. The predicted octanol–water partition coefficient (Wildman–Crippen LogP) is 0.0709. The first-order valence-corrected chi connectivity index (χ1v) is 6.01. The van der Waals surface area contributed by atoms with Gasteiger partial charge in [-0.1, -0.05) is 6.92 Å². The molecule has 0 aliphatic rings. The molecule has 0 saturated heterocycles. The van der Waals surface area contributed by atoms with Crippen molar-refractivity contribution in [2.45, 2.75) is 38.3 Å². The van der Waals surface area contributed by atoms with E-state index in [0.717, 1.165) is 18.7 Å². The highest BCUT2D eigenvalue weighted by atomic mass is 15.6. The topological polar surface area (TPSA) is 58.9 Å². The largest absolute Gasteiger partial charge is 0.315 e. The number of tetrazole rings is 1. The van der Waals surface area contributed by atoms with Gasteiger partial charge in [0.15, 0.2) is 5.82 Å². The summed E-state index contributed by atoms with van der Waals surface area (Å²) in [6, 6.07) is 0.298. The van der Waals surface area contributed by atoms with E-state index in [1.165, 1.54) is 4.80 Å². The fourth-order valence-electron chi connectivity index (χ4n) is 2.09. The molecule has 1 heterocycles.